The topological polar surface area (TPSA) is 81.4 Å². The fourth-order valence-corrected chi connectivity index (χ4v) is 3.64. The number of carboxylic acid groups (broad SMARTS) is 1. The van der Waals surface area contributed by atoms with E-state index < -0.39 is 12.1 Å². The molecule has 0 aliphatic heterocycles. The molecule has 0 aliphatic rings. The molecule has 0 radical (unpaired) electrons. The summed E-state index contributed by atoms with van der Waals surface area (Å²) in [5.41, 5.74) is 5.22. The van der Waals surface area contributed by atoms with Gasteiger partial charge in [0.1, 0.15) is 0 Å². The summed E-state index contributed by atoms with van der Waals surface area (Å²) in [5.74, 6) is -0.699. The average molecular weight is 455 g/mol. The Morgan fingerprint density at radius 2 is 1.82 bits per heavy atom. The van der Waals surface area contributed by atoms with Gasteiger partial charge in [-0.3, -0.25) is 4.79 Å². The highest BCUT2D eigenvalue weighted by Gasteiger charge is 2.18. The Bertz CT molecular complexity index is 1350. The molecule has 1 heterocycles. The van der Waals surface area contributed by atoms with Crippen LogP contribution in [0.2, 0.25) is 0 Å². The summed E-state index contributed by atoms with van der Waals surface area (Å²) in [6.45, 7) is 4.19. The van der Waals surface area contributed by atoms with Crippen LogP contribution in [0.15, 0.2) is 78.9 Å². The predicted molar refractivity (Wildman–Crippen MR) is 132 cm³/mol. The van der Waals surface area contributed by atoms with Crippen LogP contribution in [0.25, 0.3) is 17.1 Å². The van der Waals surface area contributed by atoms with E-state index in [1.807, 2.05) is 96.4 Å². The highest BCUT2D eigenvalue weighted by molar-refractivity contribution is 6.08. The van der Waals surface area contributed by atoms with E-state index in [0.29, 0.717) is 17.9 Å². The Balaban J connectivity index is 1.56. The smallest absolute Gasteiger partial charge is 0.332 e. The average Bonchev–Trinajstić information content (AvgIpc) is 3.21. The van der Waals surface area contributed by atoms with Crippen molar-refractivity contribution in [1.82, 2.24) is 9.55 Å². The number of benzene rings is 3. The van der Waals surface area contributed by atoms with Crippen molar-refractivity contribution in [1.29, 1.82) is 0 Å². The van der Waals surface area contributed by atoms with E-state index in [4.69, 9.17) is 9.84 Å². The van der Waals surface area contributed by atoms with Crippen LogP contribution in [0.4, 0.5) is 0 Å². The number of carboxylic acids is 1. The van der Waals surface area contributed by atoms with E-state index >= 15 is 0 Å². The first-order valence-electron chi connectivity index (χ1n) is 11.1. The lowest BCUT2D eigenvalue weighted by Gasteiger charge is -2.09. The number of aryl methyl sites for hydroxylation is 1. The summed E-state index contributed by atoms with van der Waals surface area (Å²) in [6.07, 6.45) is 3.09. The predicted octanol–water partition coefficient (Wildman–Crippen LogP) is 5.28. The van der Waals surface area contributed by atoms with Gasteiger partial charge in [0.05, 0.1) is 17.6 Å². The molecule has 0 saturated carbocycles. The number of allylic oxidation sites excluding steroid dienone is 1. The van der Waals surface area contributed by atoms with Crippen LogP contribution in [0.5, 0.6) is 0 Å². The van der Waals surface area contributed by atoms with Gasteiger partial charge in [-0.25, -0.2) is 9.78 Å². The molecule has 0 saturated heterocycles. The Kier molecular flexibility index (Phi) is 6.99. The van der Waals surface area contributed by atoms with Crippen molar-refractivity contribution in [3.05, 3.63) is 107 Å². The molecule has 6 heteroatoms. The molecular weight excluding hydrogens is 428 g/mol. The molecule has 0 fully saturated rings. The number of hydrogen-bond donors (Lipinski definition) is 1. The molecular formula is C28H26N2O4. The minimum Gasteiger partial charge on any atom is -0.479 e. The molecule has 3 aromatic carbocycles. The van der Waals surface area contributed by atoms with E-state index in [9.17, 15) is 9.59 Å². The van der Waals surface area contributed by atoms with Crippen LogP contribution in [0.3, 0.4) is 0 Å². The molecule has 1 atom stereocenters. The molecule has 172 valence electrons. The third-order valence-corrected chi connectivity index (χ3v) is 5.57. The van der Waals surface area contributed by atoms with Crippen molar-refractivity contribution >= 4 is 28.9 Å². The lowest BCUT2D eigenvalue weighted by atomic mass is 10.1. The lowest BCUT2D eigenvalue weighted by molar-refractivity contribution is -0.149. The van der Waals surface area contributed by atoms with Crippen LogP contribution < -0.4 is 0 Å². The first-order valence-corrected chi connectivity index (χ1v) is 11.1. The van der Waals surface area contributed by atoms with Gasteiger partial charge in [-0.05, 0) is 43.2 Å². The number of aromatic nitrogens is 2. The number of rotatable bonds is 9. The maximum atomic E-state index is 13.2. The number of carbonyl (C=O) groups excluding carboxylic acids is 1. The number of carbonyl (C=O) groups is 2. The quantitative estimate of drug-likeness (QED) is 0.348. The molecule has 0 bridgehead atoms. The Morgan fingerprint density at radius 1 is 1.06 bits per heavy atom. The molecule has 6 nitrogen and oxygen atoms in total. The minimum atomic E-state index is -0.986. The third kappa shape index (κ3) is 5.30. The van der Waals surface area contributed by atoms with E-state index in [0.717, 1.165) is 27.7 Å². The molecule has 4 rings (SSSR count). The normalized spacial score (nSPS) is 12.3. The van der Waals surface area contributed by atoms with Crippen LogP contribution in [-0.4, -0.2) is 32.5 Å². The molecule has 1 aromatic heterocycles. The molecule has 4 aromatic rings. The Labute approximate surface area is 198 Å². The highest BCUT2D eigenvalue weighted by Crippen LogP contribution is 2.20. The summed E-state index contributed by atoms with van der Waals surface area (Å²) in [6, 6.07) is 22.9. The zero-order valence-electron chi connectivity index (χ0n) is 19.1. The van der Waals surface area contributed by atoms with E-state index in [-0.39, 0.29) is 12.4 Å². The SMILES string of the molecule is Cc1ccc(C(=O)c2nc3ccccc3n2CC=Cc2cccc(CO[C@@H](C)C(=O)O)c2)cc1. The second-order valence-electron chi connectivity index (χ2n) is 8.17. The van der Waals surface area contributed by atoms with Crippen LogP contribution in [0, 0.1) is 6.92 Å². The number of fused-ring (bicyclic) bond motifs is 1. The van der Waals surface area contributed by atoms with Gasteiger partial charge in [-0.15, -0.1) is 0 Å². The number of imidazole rings is 1. The zero-order chi connectivity index (χ0) is 24.1. The Hall–Kier alpha value is -4.03. The first-order chi connectivity index (χ1) is 16.4. The Morgan fingerprint density at radius 3 is 2.59 bits per heavy atom. The molecule has 0 unspecified atom stereocenters. The second kappa shape index (κ2) is 10.3. The standard InChI is InChI=1S/C28H26N2O4/c1-19-12-14-23(15-13-19)26(31)27-29-24-10-3-4-11-25(24)30(27)16-6-9-21-7-5-8-22(17-21)18-34-20(2)28(32)33/h3-15,17,20H,16,18H2,1-2H3,(H,32,33)/t20-/m0/s1. The molecule has 0 amide bonds. The van der Waals surface area contributed by atoms with Crippen molar-refractivity contribution in [2.45, 2.75) is 33.1 Å². The van der Waals surface area contributed by atoms with Crippen LogP contribution >= 0.6 is 0 Å². The number of ketones is 1. The van der Waals surface area contributed by atoms with Crippen molar-refractivity contribution in [3.63, 3.8) is 0 Å². The maximum absolute atomic E-state index is 13.2. The van der Waals surface area contributed by atoms with Gasteiger partial charge in [-0.2, -0.15) is 0 Å². The third-order valence-electron chi connectivity index (χ3n) is 5.57. The second-order valence-corrected chi connectivity index (χ2v) is 8.17. The molecule has 34 heavy (non-hydrogen) atoms. The van der Waals surface area contributed by atoms with E-state index in [1.165, 1.54) is 6.92 Å². The van der Waals surface area contributed by atoms with E-state index in [2.05, 4.69) is 4.98 Å². The molecule has 0 aliphatic carbocycles. The fourth-order valence-electron chi connectivity index (χ4n) is 3.64. The summed E-state index contributed by atoms with van der Waals surface area (Å²) < 4.78 is 7.30. The summed E-state index contributed by atoms with van der Waals surface area (Å²) in [5, 5.41) is 8.98. The van der Waals surface area contributed by atoms with Crippen LogP contribution in [-0.2, 0) is 22.7 Å². The largest absolute Gasteiger partial charge is 0.479 e. The van der Waals surface area contributed by atoms with Crippen molar-refractivity contribution < 1.29 is 19.4 Å². The number of ether oxygens (including phenoxy) is 1. The van der Waals surface area contributed by atoms with Gasteiger partial charge in [-0.1, -0.05) is 72.3 Å². The summed E-state index contributed by atoms with van der Waals surface area (Å²) in [4.78, 5) is 28.8. The van der Waals surface area contributed by atoms with E-state index in [1.54, 1.807) is 0 Å². The van der Waals surface area contributed by atoms with Gasteiger partial charge in [0.15, 0.2) is 11.9 Å². The van der Waals surface area contributed by atoms with Gasteiger partial charge < -0.3 is 14.4 Å². The van der Waals surface area contributed by atoms with Crippen molar-refractivity contribution in [2.24, 2.45) is 0 Å². The van der Waals surface area contributed by atoms with Crippen molar-refractivity contribution in [3.8, 4) is 0 Å². The molecule has 1 N–H and O–H groups in total. The van der Waals surface area contributed by atoms with Crippen molar-refractivity contribution in [2.75, 3.05) is 0 Å². The number of nitrogens with zero attached hydrogens (tertiary/aromatic N) is 2. The lowest BCUT2D eigenvalue weighted by Crippen LogP contribution is -2.19. The summed E-state index contributed by atoms with van der Waals surface area (Å²) in [7, 11) is 0. The van der Waals surface area contributed by atoms with Gasteiger partial charge in [0.2, 0.25) is 5.78 Å². The summed E-state index contributed by atoms with van der Waals surface area (Å²) >= 11 is 0. The fraction of sp³-hybridized carbons (Fsp3) is 0.179. The highest BCUT2D eigenvalue weighted by atomic mass is 16.5. The van der Waals surface area contributed by atoms with Crippen LogP contribution in [0.1, 0.15) is 39.8 Å². The molecule has 0 spiro atoms. The zero-order valence-corrected chi connectivity index (χ0v) is 19.1. The first kappa shape index (κ1) is 23.1. The monoisotopic (exact) mass is 454 g/mol. The maximum Gasteiger partial charge on any atom is 0.332 e. The van der Waals surface area contributed by atoms with Gasteiger partial charge in [0, 0.05) is 12.1 Å². The number of aliphatic carboxylic acids is 1. The number of para-hydroxylation sites is 2. The van der Waals surface area contributed by atoms with Gasteiger partial charge in [0.25, 0.3) is 0 Å². The van der Waals surface area contributed by atoms with Gasteiger partial charge >= 0.3 is 5.97 Å². The number of hydrogen-bond acceptors (Lipinski definition) is 4. The minimum absolute atomic E-state index is 0.115.